The van der Waals surface area contributed by atoms with Crippen molar-refractivity contribution in [1.29, 1.82) is 0 Å². The first kappa shape index (κ1) is 11.0. The largest absolute Gasteiger partial charge is 0.389 e. The molecule has 1 aliphatic rings. The van der Waals surface area contributed by atoms with E-state index in [4.69, 9.17) is 0 Å². The summed E-state index contributed by atoms with van der Waals surface area (Å²) in [5.41, 5.74) is 0.987. The van der Waals surface area contributed by atoms with E-state index in [1.165, 1.54) is 21.3 Å². The average Bonchev–Trinajstić information content (AvgIpc) is 2.48. The summed E-state index contributed by atoms with van der Waals surface area (Å²) in [5, 5.41) is 9.91. The molecule has 0 bridgehead atoms. The molecule has 0 saturated heterocycles. The Morgan fingerprint density at radius 3 is 1.78 bits per heavy atom. The van der Waals surface area contributed by atoms with Crippen molar-refractivity contribution < 1.29 is 5.11 Å². The van der Waals surface area contributed by atoms with Crippen LogP contribution in [0.5, 0.6) is 0 Å². The van der Waals surface area contributed by atoms with E-state index in [0.29, 0.717) is 11.4 Å². The maximum absolute atomic E-state index is 11.8. The normalized spacial score (nSPS) is 14.7. The van der Waals surface area contributed by atoms with Crippen molar-refractivity contribution in [3.05, 3.63) is 57.1 Å². The number of fused-ring (bicyclic) bond motifs is 3. The summed E-state index contributed by atoms with van der Waals surface area (Å²) >= 11 is 0. The molecule has 1 N–H and O–H groups in total. The summed E-state index contributed by atoms with van der Waals surface area (Å²) < 4.78 is 3.01. The van der Waals surface area contributed by atoms with Crippen LogP contribution in [0.2, 0.25) is 0 Å². The number of nitrogens with zero attached hydrogens (tertiary/aromatic N) is 2. The zero-order valence-electron chi connectivity index (χ0n) is 9.61. The molecule has 0 amide bonds. The fourth-order valence-electron chi connectivity index (χ4n) is 2.34. The van der Waals surface area contributed by atoms with Gasteiger partial charge in [-0.15, -0.1) is 0 Å². The topological polar surface area (TPSA) is 64.2 Å². The molecule has 18 heavy (non-hydrogen) atoms. The molecule has 0 unspecified atom stereocenters. The minimum Gasteiger partial charge on any atom is -0.389 e. The van der Waals surface area contributed by atoms with Gasteiger partial charge in [-0.2, -0.15) is 0 Å². The summed E-state index contributed by atoms with van der Waals surface area (Å²) in [7, 11) is 0. The van der Waals surface area contributed by atoms with Crippen molar-refractivity contribution >= 4 is 0 Å². The molecule has 0 atom stereocenters. The Morgan fingerprint density at radius 2 is 1.33 bits per heavy atom. The van der Waals surface area contributed by atoms with Crippen LogP contribution in [0, 0.1) is 0 Å². The monoisotopic (exact) mass is 244 g/mol. The molecule has 5 heteroatoms. The molecule has 0 aromatic carbocycles. The van der Waals surface area contributed by atoms with Gasteiger partial charge in [-0.05, 0) is 12.1 Å². The maximum atomic E-state index is 11.8. The van der Waals surface area contributed by atoms with E-state index in [1.54, 1.807) is 24.3 Å². The lowest BCUT2D eigenvalue weighted by atomic mass is 10.2. The predicted molar refractivity (Wildman–Crippen MR) is 66.4 cm³/mol. The van der Waals surface area contributed by atoms with Crippen LogP contribution in [0.1, 0.15) is 0 Å². The van der Waals surface area contributed by atoms with Crippen LogP contribution in [0.25, 0.3) is 11.4 Å². The van der Waals surface area contributed by atoms with Crippen LogP contribution in [0.3, 0.4) is 0 Å². The van der Waals surface area contributed by atoms with Crippen molar-refractivity contribution in [2.75, 3.05) is 0 Å². The summed E-state index contributed by atoms with van der Waals surface area (Å²) in [5.74, 6) is 0. The molecular formula is C13H12N2O3. The fraction of sp³-hybridized carbons (Fsp3) is 0.231. The molecule has 2 aromatic rings. The Labute approximate surface area is 103 Å². The van der Waals surface area contributed by atoms with Gasteiger partial charge < -0.3 is 14.2 Å². The molecule has 1 aliphatic heterocycles. The molecule has 3 rings (SSSR count). The lowest BCUT2D eigenvalue weighted by molar-refractivity contribution is 0.136. The van der Waals surface area contributed by atoms with Gasteiger partial charge >= 0.3 is 0 Å². The molecule has 0 spiro atoms. The third-order valence-corrected chi connectivity index (χ3v) is 3.15. The molecule has 0 fully saturated rings. The zero-order valence-corrected chi connectivity index (χ0v) is 9.61. The third kappa shape index (κ3) is 1.60. The molecule has 0 radical (unpaired) electrons. The van der Waals surface area contributed by atoms with E-state index in [9.17, 15) is 14.7 Å². The Balaban J connectivity index is 2.40. The van der Waals surface area contributed by atoms with Gasteiger partial charge in [0, 0.05) is 12.1 Å². The lowest BCUT2D eigenvalue weighted by Gasteiger charge is -2.10. The highest BCUT2D eigenvalue weighted by molar-refractivity contribution is 5.55. The van der Waals surface area contributed by atoms with Crippen LogP contribution in [-0.4, -0.2) is 20.3 Å². The number of rotatable bonds is 0. The maximum Gasteiger partial charge on any atom is 0.251 e. The van der Waals surface area contributed by atoms with Crippen molar-refractivity contribution in [2.45, 2.75) is 19.2 Å². The molecule has 5 nitrogen and oxygen atoms in total. The van der Waals surface area contributed by atoms with Crippen LogP contribution < -0.4 is 11.1 Å². The standard InChI is InChI=1S/C13H12N2O3/c16-9-7-14-10(3-1-5-12(14)17)11-4-2-6-13(18)15(11)8-9/h1-6,9,16H,7-8H2. The Bertz CT molecular complexity index is 653. The van der Waals surface area contributed by atoms with Crippen molar-refractivity contribution in [3.8, 4) is 11.4 Å². The highest BCUT2D eigenvalue weighted by atomic mass is 16.3. The van der Waals surface area contributed by atoms with Gasteiger partial charge in [0.2, 0.25) is 0 Å². The van der Waals surface area contributed by atoms with E-state index in [0.717, 1.165) is 0 Å². The Hall–Kier alpha value is -2.14. The van der Waals surface area contributed by atoms with Gasteiger partial charge in [0.1, 0.15) is 0 Å². The Morgan fingerprint density at radius 1 is 0.889 bits per heavy atom. The van der Waals surface area contributed by atoms with E-state index >= 15 is 0 Å². The van der Waals surface area contributed by atoms with E-state index in [-0.39, 0.29) is 24.2 Å². The second-order valence-corrected chi connectivity index (χ2v) is 4.37. The Kier molecular flexibility index (Phi) is 2.41. The van der Waals surface area contributed by atoms with Gasteiger partial charge in [-0.3, -0.25) is 9.59 Å². The first-order chi connectivity index (χ1) is 8.66. The summed E-state index contributed by atoms with van der Waals surface area (Å²) in [4.78, 5) is 23.6. The second kappa shape index (κ2) is 3.96. The zero-order chi connectivity index (χ0) is 12.7. The van der Waals surface area contributed by atoms with Gasteiger partial charge in [-0.1, -0.05) is 12.1 Å². The molecule has 0 saturated carbocycles. The number of aliphatic hydroxyl groups excluding tert-OH is 1. The SMILES string of the molecule is O=c1cccc2n1CC(O)Cn1c-2cccc1=O. The summed E-state index contributed by atoms with van der Waals surface area (Å²) in [6, 6.07) is 9.79. The van der Waals surface area contributed by atoms with Gasteiger partial charge in [0.25, 0.3) is 11.1 Å². The fourth-order valence-corrected chi connectivity index (χ4v) is 2.34. The lowest BCUT2D eigenvalue weighted by Crippen LogP contribution is -2.28. The van der Waals surface area contributed by atoms with Crippen molar-refractivity contribution in [3.63, 3.8) is 0 Å². The number of hydrogen-bond donors (Lipinski definition) is 1. The molecule has 92 valence electrons. The predicted octanol–water partition coefficient (Wildman–Crippen LogP) is 0.0515. The van der Waals surface area contributed by atoms with E-state index in [1.807, 2.05) is 0 Å². The first-order valence-corrected chi connectivity index (χ1v) is 5.75. The van der Waals surface area contributed by atoms with Crippen molar-refractivity contribution in [2.24, 2.45) is 0 Å². The average molecular weight is 244 g/mol. The quantitative estimate of drug-likeness (QED) is 0.712. The minimum atomic E-state index is -0.745. The highest BCUT2D eigenvalue weighted by Crippen LogP contribution is 2.20. The van der Waals surface area contributed by atoms with Gasteiger partial charge in [0.15, 0.2) is 0 Å². The second-order valence-electron chi connectivity index (χ2n) is 4.37. The molecule has 0 aliphatic carbocycles. The number of aromatic nitrogens is 2. The van der Waals surface area contributed by atoms with E-state index in [2.05, 4.69) is 0 Å². The summed E-state index contributed by atoms with van der Waals surface area (Å²) in [6.45, 7) is 0.409. The molecule has 3 heterocycles. The number of hydrogen-bond acceptors (Lipinski definition) is 3. The number of aliphatic hydroxyl groups is 1. The van der Waals surface area contributed by atoms with Crippen LogP contribution >= 0.6 is 0 Å². The molecule has 2 aromatic heterocycles. The van der Waals surface area contributed by atoms with Gasteiger partial charge in [0.05, 0.1) is 30.6 Å². The third-order valence-electron chi connectivity index (χ3n) is 3.15. The van der Waals surface area contributed by atoms with Crippen LogP contribution in [0.15, 0.2) is 46.0 Å². The first-order valence-electron chi connectivity index (χ1n) is 5.75. The van der Waals surface area contributed by atoms with Crippen LogP contribution in [0.4, 0.5) is 0 Å². The smallest absolute Gasteiger partial charge is 0.251 e. The molecular weight excluding hydrogens is 232 g/mol. The van der Waals surface area contributed by atoms with Gasteiger partial charge in [-0.25, -0.2) is 0 Å². The highest BCUT2D eigenvalue weighted by Gasteiger charge is 2.19. The number of pyridine rings is 2. The minimum absolute atomic E-state index is 0.170. The van der Waals surface area contributed by atoms with E-state index < -0.39 is 6.10 Å². The summed E-state index contributed by atoms with van der Waals surface area (Å²) in [6.07, 6.45) is -0.745. The van der Waals surface area contributed by atoms with Crippen molar-refractivity contribution in [1.82, 2.24) is 9.13 Å². The van der Waals surface area contributed by atoms with Crippen LogP contribution in [-0.2, 0) is 13.1 Å².